The maximum absolute atomic E-state index is 12.5. The molecule has 2 aromatic heterocycles. The van der Waals surface area contributed by atoms with E-state index < -0.39 is 0 Å². The van der Waals surface area contributed by atoms with E-state index in [-0.39, 0.29) is 18.1 Å². The topological polar surface area (TPSA) is 60.2 Å². The number of aromatic nitrogens is 3. The Kier molecular flexibility index (Phi) is 3.70. The molecule has 3 heterocycles. The third-order valence-corrected chi connectivity index (χ3v) is 3.47. The lowest BCUT2D eigenvalue weighted by atomic mass is 10.2. The number of carbonyl (C=O) groups is 1. The number of rotatable bonds is 2. The summed E-state index contributed by atoms with van der Waals surface area (Å²) in [4.78, 5) is 22.6. The lowest BCUT2D eigenvalue weighted by molar-refractivity contribution is -0.0586. The quantitative estimate of drug-likeness (QED) is 0.839. The zero-order valence-corrected chi connectivity index (χ0v) is 12.1. The van der Waals surface area contributed by atoms with Gasteiger partial charge in [0, 0.05) is 31.7 Å². The van der Waals surface area contributed by atoms with Gasteiger partial charge in [0.15, 0.2) is 0 Å². The van der Waals surface area contributed by atoms with E-state index in [4.69, 9.17) is 4.74 Å². The highest BCUT2D eigenvalue weighted by Crippen LogP contribution is 2.14. The number of nitrogens with zero attached hydrogens (tertiary/aromatic N) is 4. The second-order valence-electron chi connectivity index (χ2n) is 5.34. The van der Waals surface area contributed by atoms with Crippen molar-refractivity contribution in [3.05, 3.63) is 42.6 Å². The molecule has 6 nitrogen and oxygen atoms in total. The Hall–Kier alpha value is -2.21. The van der Waals surface area contributed by atoms with Crippen LogP contribution in [0.2, 0.25) is 0 Å². The Labute approximate surface area is 123 Å². The fourth-order valence-corrected chi connectivity index (χ4v) is 2.59. The molecule has 1 fully saturated rings. The van der Waals surface area contributed by atoms with E-state index in [1.807, 2.05) is 31.0 Å². The van der Waals surface area contributed by atoms with Gasteiger partial charge in [-0.3, -0.25) is 9.36 Å². The minimum Gasteiger partial charge on any atom is -0.372 e. The predicted molar refractivity (Wildman–Crippen MR) is 77.3 cm³/mol. The molecule has 1 aliphatic heterocycles. The van der Waals surface area contributed by atoms with E-state index in [1.54, 1.807) is 29.4 Å². The number of ether oxygens (including phenoxy) is 1. The van der Waals surface area contributed by atoms with Crippen LogP contribution in [-0.2, 0) is 4.74 Å². The monoisotopic (exact) mass is 286 g/mol. The average Bonchev–Trinajstić information content (AvgIpc) is 3.00. The van der Waals surface area contributed by atoms with Gasteiger partial charge in [-0.15, -0.1) is 0 Å². The fraction of sp³-hybridized carbons (Fsp3) is 0.400. The summed E-state index contributed by atoms with van der Waals surface area (Å²) in [6.07, 6.45) is 6.93. The molecule has 1 aliphatic rings. The van der Waals surface area contributed by atoms with Crippen molar-refractivity contribution >= 4 is 5.91 Å². The second-order valence-corrected chi connectivity index (χ2v) is 5.34. The smallest absolute Gasteiger partial charge is 0.255 e. The molecule has 0 N–H and O–H groups in total. The molecular weight excluding hydrogens is 268 g/mol. The molecule has 1 amide bonds. The van der Waals surface area contributed by atoms with Crippen LogP contribution in [0.3, 0.4) is 0 Å². The molecule has 2 aromatic rings. The minimum atomic E-state index is 0.00156. The Morgan fingerprint density at radius 1 is 1.29 bits per heavy atom. The highest BCUT2D eigenvalue weighted by molar-refractivity contribution is 5.94. The summed E-state index contributed by atoms with van der Waals surface area (Å²) in [6, 6.07) is 3.62. The van der Waals surface area contributed by atoms with Gasteiger partial charge in [-0.25, -0.2) is 9.97 Å². The molecule has 0 aromatic carbocycles. The van der Waals surface area contributed by atoms with E-state index in [0.29, 0.717) is 18.7 Å². The van der Waals surface area contributed by atoms with Crippen molar-refractivity contribution in [3.8, 4) is 5.82 Å². The molecule has 0 saturated carbocycles. The Balaban J connectivity index is 1.76. The van der Waals surface area contributed by atoms with Crippen LogP contribution in [0.1, 0.15) is 24.2 Å². The highest BCUT2D eigenvalue weighted by atomic mass is 16.5. The van der Waals surface area contributed by atoms with Gasteiger partial charge in [0.1, 0.15) is 12.1 Å². The van der Waals surface area contributed by atoms with E-state index in [1.165, 1.54) is 0 Å². The summed E-state index contributed by atoms with van der Waals surface area (Å²) in [5.74, 6) is 0.745. The third-order valence-electron chi connectivity index (χ3n) is 3.47. The summed E-state index contributed by atoms with van der Waals surface area (Å²) >= 11 is 0. The number of hydrogen-bond donors (Lipinski definition) is 0. The first kappa shape index (κ1) is 13.8. The van der Waals surface area contributed by atoms with Gasteiger partial charge in [-0.1, -0.05) is 0 Å². The first-order chi connectivity index (χ1) is 10.1. The number of amides is 1. The van der Waals surface area contributed by atoms with Crippen molar-refractivity contribution in [3.63, 3.8) is 0 Å². The normalized spacial score (nSPS) is 22.3. The molecule has 21 heavy (non-hydrogen) atoms. The molecule has 0 aliphatic carbocycles. The molecule has 110 valence electrons. The largest absolute Gasteiger partial charge is 0.372 e. The average molecular weight is 286 g/mol. The van der Waals surface area contributed by atoms with Crippen LogP contribution < -0.4 is 0 Å². The molecule has 0 radical (unpaired) electrons. The molecule has 3 rings (SSSR count). The standard InChI is InChI=1S/C15H18N4O2/c1-11-8-19(9-12(2)21-11)15(20)13-3-4-14(17-7-13)18-6-5-16-10-18/h3-7,10-12H,8-9H2,1-2H3/t11-,12-/m1/s1. The van der Waals surface area contributed by atoms with Gasteiger partial charge >= 0.3 is 0 Å². The van der Waals surface area contributed by atoms with Gasteiger partial charge in [0.05, 0.1) is 17.8 Å². The van der Waals surface area contributed by atoms with Gasteiger partial charge < -0.3 is 9.64 Å². The van der Waals surface area contributed by atoms with Crippen LogP contribution in [0.15, 0.2) is 37.1 Å². The summed E-state index contributed by atoms with van der Waals surface area (Å²) in [7, 11) is 0. The van der Waals surface area contributed by atoms with Crippen LogP contribution in [0.4, 0.5) is 0 Å². The first-order valence-corrected chi connectivity index (χ1v) is 7.02. The van der Waals surface area contributed by atoms with Crippen molar-refractivity contribution < 1.29 is 9.53 Å². The van der Waals surface area contributed by atoms with Crippen molar-refractivity contribution in [2.75, 3.05) is 13.1 Å². The molecule has 1 saturated heterocycles. The molecule has 6 heteroatoms. The van der Waals surface area contributed by atoms with Crippen molar-refractivity contribution in [2.24, 2.45) is 0 Å². The summed E-state index contributed by atoms with van der Waals surface area (Å²) in [6.45, 7) is 5.20. The van der Waals surface area contributed by atoms with Crippen molar-refractivity contribution in [1.82, 2.24) is 19.4 Å². The molecule has 0 bridgehead atoms. The summed E-state index contributed by atoms with van der Waals surface area (Å²) < 4.78 is 7.45. The maximum Gasteiger partial charge on any atom is 0.255 e. The molecule has 2 atom stereocenters. The van der Waals surface area contributed by atoms with Crippen LogP contribution in [-0.4, -0.2) is 50.6 Å². The minimum absolute atomic E-state index is 0.00156. The Bertz CT molecular complexity index is 599. The predicted octanol–water partition coefficient (Wildman–Crippen LogP) is 1.52. The molecule has 0 unspecified atom stereocenters. The Morgan fingerprint density at radius 3 is 2.62 bits per heavy atom. The zero-order valence-electron chi connectivity index (χ0n) is 12.1. The fourth-order valence-electron chi connectivity index (χ4n) is 2.59. The van der Waals surface area contributed by atoms with Gasteiger partial charge in [-0.05, 0) is 26.0 Å². The van der Waals surface area contributed by atoms with Crippen molar-refractivity contribution in [2.45, 2.75) is 26.1 Å². The van der Waals surface area contributed by atoms with E-state index in [2.05, 4.69) is 9.97 Å². The lowest BCUT2D eigenvalue weighted by Gasteiger charge is -2.35. The van der Waals surface area contributed by atoms with Gasteiger partial charge in [0.25, 0.3) is 5.91 Å². The zero-order chi connectivity index (χ0) is 14.8. The lowest BCUT2D eigenvalue weighted by Crippen LogP contribution is -2.48. The number of imidazole rings is 1. The van der Waals surface area contributed by atoms with E-state index in [0.717, 1.165) is 5.82 Å². The van der Waals surface area contributed by atoms with Crippen molar-refractivity contribution in [1.29, 1.82) is 0 Å². The summed E-state index contributed by atoms with van der Waals surface area (Å²) in [5.41, 5.74) is 0.597. The maximum atomic E-state index is 12.5. The molecule has 0 spiro atoms. The van der Waals surface area contributed by atoms with Crippen LogP contribution >= 0.6 is 0 Å². The molecular formula is C15H18N4O2. The van der Waals surface area contributed by atoms with Crippen LogP contribution in [0.25, 0.3) is 5.82 Å². The first-order valence-electron chi connectivity index (χ1n) is 7.02. The van der Waals surface area contributed by atoms with Gasteiger partial charge in [0.2, 0.25) is 0 Å². The van der Waals surface area contributed by atoms with E-state index in [9.17, 15) is 4.79 Å². The number of hydrogen-bond acceptors (Lipinski definition) is 4. The highest BCUT2D eigenvalue weighted by Gasteiger charge is 2.26. The second kappa shape index (κ2) is 5.65. The number of morpholine rings is 1. The Morgan fingerprint density at radius 2 is 2.05 bits per heavy atom. The number of pyridine rings is 1. The summed E-state index contributed by atoms with van der Waals surface area (Å²) in [5, 5.41) is 0. The van der Waals surface area contributed by atoms with Crippen LogP contribution in [0.5, 0.6) is 0 Å². The third kappa shape index (κ3) is 2.95. The van der Waals surface area contributed by atoms with Gasteiger partial charge in [-0.2, -0.15) is 0 Å². The van der Waals surface area contributed by atoms with E-state index >= 15 is 0 Å². The number of carbonyl (C=O) groups excluding carboxylic acids is 1. The van der Waals surface area contributed by atoms with Crippen LogP contribution in [0, 0.1) is 0 Å². The SMILES string of the molecule is C[C@@H]1CN(C(=O)c2ccc(-n3ccnc3)nc2)C[C@@H](C)O1.